The average Bonchev–Trinajstić information content (AvgIpc) is 2.36. The van der Waals surface area contributed by atoms with E-state index in [1.54, 1.807) is 0 Å². The van der Waals surface area contributed by atoms with Gasteiger partial charge in [0.05, 0.1) is 11.0 Å². The molecule has 1 aromatic carbocycles. The van der Waals surface area contributed by atoms with Gasteiger partial charge in [-0.1, -0.05) is 0 Å². The van der Waals surface area contributed by atoms with Crippen molar-refractivity contribution in [3.8, 4) is 0 Å². The van der Waals surface area contributed by atoms with Crippen LogP contribution in [0.15, 0.2) is 39.9 Å². The summed E-state index contributed by atoms with van der Waals surface area (Å²) in [5.41, 5.74) is -0.731. The van der Waals surface area contributed by atoms with Gasteiger partial charge in [0.2, 0.25) is 0 Å². The first-order valence-corrected chi connectivity index (χ1v) is 5.19. The molecule has 3 N–H and O–H groups in total. The molecule has 1 heterocycles. The Morgan fingerprint density at radius 3 is 2.26 bits per heavy atom. The molecule has 0 saturated carbocycles. The zero-order valence-electron chi connectivity index (χ0n) is 9.47. The summed E-state index contributed by atoms with van der Waals surface area (Å²) in [6.45, 7) is 0. The van der Waals surface area contributed by atoms with Gasteiger partial charge in [-0.3, -0.25) is 14.4 Å². The Bertz CT molecular complexity index is 813. The quantitative estimate of drug-likeness (QED) is 0.409. The zero-order valence-corrected chi connectivity index (χ0v) is 9.47. The van der Waals surface area contributed by atoms with Crippen LogP contribution in [0.2, 0.25) is 0 Å². The highest BCUT2D eigenvalue weighted by Gasteiger charge is 2.05. The molecule has 7 nitrogen and oxygen atoms in total. The number of hydrogen-bond donors (Lipinski definition) is 3. The summed E-state index contributed by atoms with van der Waals surface area (Å²) in [6, 6.07) is 4.24. The Morgan fingerprint density at radius 1 is 1.00 bits per heavy atom. The van der Waals surface area contributed by atoms with Gasteiger partial charge in [0.25, 0.3) is 0 Å². The van der Waals surface area contributed by atoms with Crippen LogP contribution in [0.4, 0.5) is 0 Å². The predicted molar refractivity (Wildman–Crippen MR) is 66.3 cm³/mol. The number of aromatic nitrogens is 2. The topological polar surface area (TPSA) is 120 Å². The van der Waals surface area contributed by atoms with Crippen molar-refractivity contribution < 1.29 is 14.7 Å². The molecule has 2 rings (SSSR count). The van der Waals surface area contributed by atoms with E-state index in [0.29, 0.717) is 11.0 Å². The largest absolute Gasteiger partial charge is 0.478 e. The zero-order chi connectivity index (χ0) is 14.0. The molecule has 0 aliphatic carbocycles. The van der Waals surface area contributed by atoms with Crippen molar-refractivity contribution in [2.45, 2.75) is 0 Å². The van der Waals surface area contributed by atoms with Crippen LogP contribution >= 0.6 is 0 Å². The van der Waals surface area contributed by atoms with E-state index in [4.69, 9.17) is 5.11 Å². The molecule has 0 aliphatic heterocycles. The lowest BCUT2D eigenvalue weighted by atomic mass is 10.1. The normalized spacial score (nSPS) is 10.9. The minimum Gasteiger partial charge on any atom is -0.478 e. The van der Waals surface area contributed by atoms with Gasteiger partial charge in [-0.25, -0.2) is 4.79 Å². The Morgan fingerprint density at radius 2 is 1.63 bits per heavy atom. The second-order valence-electron chi connectivity index (χ2n) is 3.70. The van der Waals surface area contributed by atoms with Crippen LogP contribution in [0, 0.1) is 0 Å². The molecular formula is C12H8N2O5. The highest BCUT2D eigenvalue weighted by Crippen LogP contribution is 2.10. The van der Waals surface area contributed by atoms with Crippen LogP contribution < -0.4 is 11.1 Å². The fourth-order valence-corrected chi connectivity index (χ4v) is 1.51. The van der Waals surface area contributed by atoms with Crippen molar-refractivity contribution in [3.63, 3.8) is 0 Å². The van der Waals surface area contributed by atoms with Gasteiger partial charge in [0, 0.05) is 11.6 Å². The van der Waals surface area contributed by atoms with Crippen molar-refractivity contribution in [2.75, 3.05) is 0 Å². The summed E-state index contributed by atoms with van der Waals surface area (Å²) in [7, 11) is 0. The monoisotopic (exact) mass is 260 g/mol. The van der Waals surface area contributed by atoms with Gasteiger partial charge < -0.3 is 15.1 Å². The fourth-order valence-electron chi connectivity index (χ4n) is 1.51. The third-order valence-electron chi connectivity index (χ3n) is 2.38. The van der Waals surface area contributed by atoms with Crippen LogP contribution in [0.3, 0.4) is 0 Å². The summed E-state index contributed by atoms with van der Waals surface area (Å²) >= 11 is 0. The highest BCUT2D eigenvalue weighted by atomic mass is 16.4. The van der Waals surface area contributed by atoms with Crippen LogP contribution in [0.1, 0.15) is 10.4 Å². The predicted octanol–water partition coefficient (Wildman–Crippen LogP) is 0.0399. The lowest BCUT2D eigenvalue weighted by Crippen LogP contribution is -2.28. The van der Waals surface area contributed by atoms with Crippen LogP contribution in [-0.2, 0) is 4.79 Å². The average molecular weight is 260 g/mol. The molecule has 7 heteroatoms. The Hall–Kier alpha value is -2.96. The second-order valence-corrected chi connectivity index (χ2v) is 3.70. The summed E-state index contributed by atoms with van der Waals surface area (Å²) in [4.78, 5) is 48.9. The maximum Gasteiger partial charge on any atom is 0.328 e. The number of aromatic amines is 2. The first-order chi connectivity index (χ1) is 8.97. The van der Waals surface area contributed by atoms with Crippen molar-refractivity contribution in [3.05, 3.63) is 56.6 Å². The summed E-state index contributed by atoms with van der Waals surface area (Å²) in [5.74, 6) is -1.75. The van der Waals surface area contributed by atoms with E-state index in [1.165, 1.54) is 18.2 Å². The van der Waals surface area contributed by atoms with E-state index in [9.17, 15) is 19.2 Å². The smallest absolute Gasteiger partial charge is 0.328 e. The number of fused-ring (bicyclic) bond motifs is 1. The minimum atomic E-state index is -1.23. The van der Waals surface area contributed by atoms with Gasteiger partial charge in [-0.2, -0.15) is 0 Å². The van der Waals surface area contributed by atoms with Crippen molar-refractivity contribution in [2.24, 2.45) is 0 Å². The molecule has 0 unspecified atom stereocenters. The maximum absolute atomic E-state index is 11.6. The molecule has 0 spiro atoms. The number of allylic oxidation sites excluding steroid dienone is 1. The SMILES string of the molecule is O=C(O)C=CC(=O)c1ccc2[nH]c(=O)c(=O)[nH]c2c1. The molecule has 0 fully saturated rings. The molecule has 0 amide bonds. The number of benzene rings is 1. The standard InChI is InChI=1S/C12H8N2O5/c15-9(3-4-10(16)17)6-1-2-7-8(5-6)14-12(19)11(18)13-7/h1-5H,(H,13,18)(H,14,19)(H,16,17). The first kappa shape index (κ1) is 12.5. The molecular weight excluding hydrogens is 252 g/mol. The fraction of sp³-hybridized carbons (Fsp3) is 0. The third kappa shape index (κ3) is 2.65. The number of hydrogen-bond acceptors (Lipinski definition) is 4. The number of aliphatic carboxylic acids is 1. The number of rotatable bonds is 3. The molecule has 2 aromatic rings. The van der Waals surface area contributed by atoms with Crippen molar-refractivity contribution in [1.29, 1.82) is 0 Å². The van der Waals surface area contributed by atoms with Crippen molar-refractivity contribution >= 4 is 22.8 Å². The van der Waals surface area contributed by atoms with E-state index < -0.39 is 22.9 Å². The van der Waals surface area contributed by atoms with Gasteiger partial charge in [-0.15, -0.1) is 0 Å². The molecule has 0 saturated heterocycles. The number of carbonyl (C=O) groups is 2. The molecule has 96 valence electrons. The Balaban J connectivity index is 2.50. The molecule has 0 aliphatic rings. The lowest BCUT2D eigenvalue weighted by molar-refractivity contribution is -0.131. The van der Waals surface area contributed by atoms with Gasteiger partial charge in [0.1, 0.15) is 0 Å². The number of carboxylic acid groups (broad SMARTS) is 1. The Kier molecular flexibility index (Phi) is 3.11. The number of nitrogens with one attached hydrogen (secondary N) is 2. The van der Waals surface area contributed by atoms with E-state index in [-0.39, 0.29) is 5.56 Å². The van der Waals surface area contributed by atoms with Crippen LogP contribution in [0.25, 0.3) is 11.0 Å². The van der Waals surface area contributed by atoms with E-state index in [0.717, 1.165) is 12.2 Å². The first-order valence-electron chi connectivity index (χ1n) is 5.19. The Labute approximate surface area is 105 Å². The second kappa shape index (κ2) is 4.73. The minimum absolute atomic E-state index is 0.202. The number of H-pyrrole nitrogens is 2. The van der Waals surface area contributed by atoms with Gasteiger partial charge in [-0.05, 0) is 24.3 Å². The molecule has 0 bridgehead atoms. The van der Waals surface area contributed by atoms with Crippen LogP contribution in [-0.4, -0.2) is 26.8 Å². The van der Waals surface area contributed by atoms with E-state index in [1.807, 2.05) is 0 Å². The van der Waals surface area contributed by atoms with Gasteiger partial charge >= 0.3 is 17.1 Å². The third-order valence-corrected chi connectivity index (χ3v) is 2.38. The molecule has 0 atom stereocenters. The highest BCUT2D eigenvalue weighted by molar-refractivity contribution is 6.08. The molecule has 1 aromatic heterocycles. The molecule has 0 radical (unpaired) electrons. The lowest BCUT2D eigenvalue weighted by Gasteiger charge is -1.99. The maximum atomic E-state index is 11.6. The summed E-state index contributed by atoms with van der Waals surface area (Å²) in [5, 5.41) is 8.42. The summed E-state index contributed by atoms with van der Waals surface area (Å²) < 4.78 is 0. The van der Waals surface area contributed by atoms with Crippen LogP contribution in [0.5, 0.6) is 0 Å². The van der Waals surface area contributed by atoms with E-state index >= 15 is 0 Å². The van der Waals surface area contributed by atoms with Crippen molar-refractivity contribution in [1.82, 2.24) is 9.97 Å². The summed E-state index contributed by atoms with van der Waals surface area (Å²) in [6.07, 6.45) is 1.63. The van der Waals surface area contributed by atoms with Gasteiger partial charge in [0.15, 0.2) is 5.78 Å². The number of ketones is 1. The van der Waals surface area contributed by atoms with E-state index in [2.05, 4.69) is 9.97 Å². The molecule has 19 heavy (non-hydrogen) atoms. The number of carboxylic acids is 1. The number of carbonyl (C=O) groups excluding carboxylic acids is 1.